The summed E-state index contributed by atoms with van der Waals surface area (Å²) in [6.45, 7) is 2.09. The lowest BCUT2D eigenvalue weighted by molar-refractivity contribution is 0.145. The Labute approximate surface area is 141 Å². The Morgan fingerprint density at radius 3 is 2.54 bits per heavy atom. The molecule has 0 atom stereocenters. The van der Waals surface area contributed by atoms with Crippen LogP contribution in [0, 0.1) is 17.1 Å². The molecule has 0 radical (unpaired) electrons. The van der Waals surface area contributed by atoms with Crippen LogP contribution in [-0.2, 0) is 6.54 Å². The summed E-state index contributed by atoms with van der Waals surface area (Å²) >= 11 is 0. The van der Waals surface area contributed by atoms with Crippen molar-refractivity contribution in [1.29, 1.82) is 5.26 Å². The summed E-state index contributed by atoms with van der Waals surface area (Å²) in [5.74, 6) is -0.249. The molecule has 0 spiro atoms. The van der Waals surface area contributed by atoms with Gasteiger partial charge in [-0.15, -0.1) is 0 Å². The van der Waals surface area contributed by atoms with Crippen molar-refractivity contribution in [2.75, 3.05) is 23.3 Å². The number of aliphatic hydroxyl groups excluding tert-OH is 1. The molecule has 2 aromatic rings. The maximum Gasteiger partial charge on any atom is 0.123 e. The molecule has 2 aromatic carbocycles. The second kappa shape index (κ2) is 7.33. The van der Waals surface area contributed by atoms with E-state index in [9.17, 15) is 14.8 Å². The number of piperidine rings is 1. The number of halogens is 1. The normalized spacial score (nSPS) is 15.1. The molecule has 0 amide bonds. The maximum absolute atomic E-state index is 12.9. The van der Waals surface area contributed by atoms with Gasteiger partial charge in [0.05, 0.1) is 17.4 Å². The van der Waals surface area contributed by atoms with E-state index in [1.165, 1.54) is 12.1 Å². The zero-order chi connectivity index (χ0) is 16.9. The lowest BCUT2D eigenvalue weighted by Gasteiger charge is -2.32. The zero-order valence-electron chi connectivity index (χ0n) is 13.4. The first-order valence-corrected chi connectivity index (χ1v) is 8.11. The van der Waals surface area contributed by atoms with Crippen molar-refractivity contribution < 1.29 is 9.50 Å². The van der Waals surface area contributed by atoms with E-state index in [4.69, 9.17) is 0 Å². The number of nitrogens with one attached hydrogen (secondary N) is 1. The fraction of sp³-hybridized carbons (Fsp3) is 0.316. The number of hydrogen-bond donors (Lipinski definition) is 2. The second-order valence-electron chi connectivity index (χ2n) is 6.04. The average Bonchev–Trinajstić information content (AvgIpc) is 2.62. The Morgan fingerprint density at radius 1 is 1.17 bits per heavy atom. The highest BCUT2D eigenvalue weighted by atomic mass is 19.1. The molecule has 3 rings (SSSR count). The SMILES string of the molecule is N#Cc1cc(NCc2ccc(F)cc2)ccc1N1CCC(O)CC1. The minimum Gasteiger partial charge on any atom is -0.393 e. The number of rotatable bonds is 4. The van der Waals surface area contributed by atoms with Crippen molar-refractivity contribution in [2.24, 2.45) is 0 Å². The first-order valence-electron chi connectivity index (χ1n) is 8.11. The van der Waals surface area contributed by atoms with Gasteiger partial charge in [-0.25, -0.2) is 4.39 Å². The molecule has 124 valence electrons. The van der Waals surface area contributed by atoms with Crippen molar-refractivity contribution >= 4 is 11.4 Å². The van der Waals surface area contributed by atoms with Crippen LogP contribution in [0.15, 0.2) is 42.5 Å². The van der Waals surface area contributed by atoms with Gasteiger partial charge in [-0.2, -0.15) is 5.26 Å². The first-order chi connectivity index (χ1) is 11.7. The predicted molar refractivity (Wildman–Crippen MR) is 92.3 cm³/mol. The van der Waals surface area contributed by atoms with Gasteiger partial charge in [0.2, 0.25) is 0 Å². The fourth-order valence-electron chi connectivity index (χ4n) is 2.92. The van der Waals surface area contributed by atoms with Crippen LogP contribution in [0.2, 0.25) is 0 Å². The van der Waals surface area contributed by atoms with Crippen LogP contribution >= 0.6 is 0 Å². The molecule has 24 heavy (non-hydrogen) atoms. The van der Waals surface area contributed by atoms with Crippen LogP contribution in [-0.4, -0.2) is 24.3 Å². The van der Waals surface area contributed by atoms with Crippen molar-refractivity contribution in [3.63, 3.8) is 0 Å². The van der Waals surface area contributed by atoms with Crippen molar-refractivity contribution in [1.82, 2.24) is 0 Å². The lowest BCUT2D eigenvalue weighted by atomic mass is 10.0. The van der Waals surface area contributed by atoms with Gasteiger partial charge in [0.25, 0.3) is 0 Å². The van der Waals surface area contributed by atoms with Gasteiger partial charge in [-0.3, -0.25) is 0 Å². The predicted octanol–water partition coefficient (Wildman–Crippen LogP) is 3.27. The van der Waals surface area contributed by atoms with Gasteiger partial charge >= 0.3 is 0 Å². The van der Waals surface area contributed by atoms with Crippen LogP contribution in [0.4, 0.5) is 15.8 Å². The van der Waals surface area contributed by atoms with Crippen molar-refractivity contribution in [3.8, 4) is 6.07 Å². The van der Waals surface area contributed by atoms with Crippen molar-refractivity contribution in [3.05, 3.63) is 59.4 Å². The summed E-state index contributed by atoms with van der Waals surface area (Å²) < 4.78 is 12.9. The Hall–Kier alpha value is -2.58. The molecule has 1 saturated heterocycles. The molecule has 1 aliphatic heterocycles. The summed E-state index contributed by atoms with van der Waals surface area (Å²) in [4.78, 5) is 2.15. The molecule has 5 heteroatoms. The van der Waals surface area contributed by atoms with Gasteiger partial charge in [0.1, 0.15) is 11.9 Å². The van der Waals surface area contributed by atoms with Crippen LogP contribution in [0.3, 0.4) is 0 Å². The first kappa shape index (κ1) is 16.3. The topological polar surface area (TPSA) is 59.3 Å². The summed E-state index contributed by atoms with van der Waals surface area (Å²) in [6.07, 6.45) is 1.23. The molecule has 4 nitrogen and oxygen atoms in total. The summed E-state index contributed by atoms with van der Waals surface area (Å²) in [5.41, 5.74) is 3.37. The smallest absolute Gasteiger partial charge is 0.123 e. The highest BCUT2D eigenvalue weighted by Crippen LogP contribution is 2.27. The van der Waals surface area contributed by atoms with E-state index in [1.54, 1.807) is 12.1 Å². The molecule has 2 N–H and O–H groups in total. The fourth-order valence-corrected chi connectivity index (χ4v) is 2.92. The van der Waals surface area contributed by atoms with Gasteiger partial charge in [0, 0.05) is 25.3 Å². The van der Waals surface area contributed by atoms with E-state index in [1.807, 2.05) is 18.2 Å². The third-order valence-corrected chi connectivity index (χ3v) is 4.33. The van der Waals surface area contributed by atoms with Gasteiger partial charge in [-0.1, -0.05) is 12.1 Å². The summed E-state index contributed by atoms with van der Waals surface area (Å²) in [7, 11) is 0. The highest BCUT2D eigenvalue weighted by molar-refractivity contribution is 5.65. The van der Waals surface area contributed by atoms with E-state index in [0.29, 0.717) is 12.1 Å². The van der Waals surface area contributed by atoms with Gasteiger partial charge < -0.3 is 15.3 Å². The lowest BCUT2D eigenvalue weighted by Crippen LogP contribution is -2.36. The average molecular weight is 325 g/mol. The number of hydrogen-bond acceptors (Lipinski definition) is 4. The summed E-state index contributed by atoms with van der Waals surface area (Å²) in [6, 6.07) is 14.3. The second-order valence-corrected chi connectivity index (χ2v) is 6.04. The minimum atomic E-state index is -0.249. The van der Waals surface area contributed by atoms with E-state index in [2.05, 4.69) is 16.3 Å². The van der Waals surface area contributed by atoms with E-state index >= 15 is 0 Å². The Balaban J connectivity index is 1.69. The van der Waals surface area contributed by atoms with Crippen LogP contribution in [0.25, 0.3) is 0 Å². The molecule has 0 aliphatic carbocycles. The maximum atomic E-state index is 12.9. The molecule has 0 aromatic heterocycles. The molecule has 0 saturated carbocycles. The minimum absolute atomic E-state index is 0.233. The molecular weight excluding hydrogens is 305 g/mol. The Kier molecular flexibility index (Phi) is 4.97. The van der Waals surface area contributed by atoms with E-state index in [-0.39, 0.29) is 11.9 Å². The number of nitriles is 1. The van der Waals surface area contributed by atoms with Crippen LogP contribution in [0.5, 0.6) is 0 Å². The Morgan fingerprint density at radius 2 is 1.88 bits per heavy atom. The van der Waals surface area contributed by atoms with Gasteiger partial charge in [0.15, 0.2) is 0 Å². The molecular formula is C19H20FN3O. The quantitative estimate of drug-likeness (QED) is 0.906. The number of anilines is 2. The van der Waals surface area contributed by atoms with Gasteiger partial charge in [-0.05, 0) is 48.7 Å². The van der Waals surface area contributed by atoms with Crippen LogP contribution < -0.4 is 10.2 Å². The van der Waals surface area contributed by atoms with E-state index in [0.717, 1.165) is 42.9 Å². The largest absolute Gasteiger partial charge is 0.393 e. The monoisotopic (exact) mass is 325 g/mol. The van der Waals surface area contributed by atoms with E-state index < -0.39 is 0 Å². The number of benzene rings is 2. The number of nitrogens with zero attached hydrogens (tertiary/aromatic N) is 2. The van der Waals surface area contributed by atoms with Crippen LogP contribution in [0.1, 0.15) is 24.0 Å². The molecule has 1 heterocycles. The van der Waals surface area contributed by atoms with Crippen molar-refractivity contribution in [2.45, 2.75) is 25.5 Å². The third-order valence-electron chi connectivity index (χ3n) is 4.33. The summed E-state index contributed by atoms with van der Waals surface area (Å²) in [5, 5.41) is 22.3. The Bertz CT molecular complexity index is 731. The molecule has 0 bridgehead atoms. The number of aliphatic hydroxyl groups is 1. The third kappa shape index (κ3) is 3.84. The molecule has 1 aliphatic rings. The standard InChI is InChI=1S/C19H20FN3O/c20-16-3-1-14(2-4-16)13-22-17-5-6-19(15(11-17)12-21)23-9-7-18(24)8-10-23/h1-6,11,18,22,24H,7-10,13H2. The molecule has 0 unspecified atom stereocenters. The molecule has 1 fully saturated rings. The highest BCUT2D eigenvalue weighted by Gasteiger charge is 2.19. The zero-order valence-corrected chi connectivity index (χ0v) is 13.4.